The highest BCUT2D eigenvalue weighted by atomic mass is 32.1. The SMILES string of the molecule is CC(Cc1cccs1)N(C)c1nccc(N)n1. The Kier molecular flexibility index (Phi) is 3.58. The van der Waals surface area contributed by atoms with Gasteiger partial charge in [-0.2, -0.15) is 4.98 Å². The van der Waals surface area contributed by atoms with E-state index in [-0.39, 0.29) is 0 Å². The molecule has 0 bridgehead atoms. The van der Waals surface area contributed by atoms with Crippen LogP contribution >= 0.6 is 11.3 Å². The number of hydrogen-bond acceptors (Lipinski definition) is 5. The van der Waals surface area contributed by atoms with Crippen LogP contribution in [0.2, 0.25) is 0 Å². The summed E-state index contributed by atoms with van der Waals surface area (Å²) >= 11 is 1.77. The lowest BCUT2D eigenvalue weighted by atomic mass is 10.2. The maximum Gasteiger partial charge on any atom is 0.227 e. The summed E-state index contributed by atoms with van der Waals surface area (Å²) in [6.45, 7) is 2.16. The van der Waals surface area contributed by atoms with E-state index in [0.717, 1.165) is 6.42 Å². The van der Waals surface area contributed by atoms with Crippen LogP contribution in [0.3, 0.4) is 0 Å². The Morgan fingerprint density at radius 1 is 1.47 bits per heavy atom. The Morgan fingerprint density at radius 2 is 2.29 bits per heavy atom. The van der Waals surface area contributed by atoms with Gasteiger partial charge in [-0.05, 0) is 24.4 Å². The maximum absolute atomic E-state index is 5.66. The van der Waals surface area contributed by atoms with E-state index >= 15 is 0 Å². The number of likely N-dealkylation sites (N-methyl/N-ethyl adjacent to an activating group) is 1. The fraction of sp³-hybridized carbons (Fsp3) is 0.333. The van der Waals surface area contributed by atoms with Gasteiger partial charge >= 0.3 is 0 Å². The van der Waals surface area contributed by atoms with E-state index in [9.17, 15) is 0 Å². The molecule has 0 fully saturated rings. The fourth-order valence-electron chi connectivity index (χ4n) is 1.59. The lowest BCUT2D eigenvalue weighted by Gasteiger charge is -2.24. The zero-order valence-corrected chi connectivity index (χ0v) is 10.8. The lowest BCUT2D eigenvalue weighted by Crippen LogP contribution is -2.32. The summed E-state index contributed by atoms with van der Waals surface area (Å²) < 4.78 is 0. The average Bonchev–Trinajstić information content (AvgIpc) is 2.80. The van der Waals surface area contributed by atoms with Crippen molar-refractivity contribution in [2.75, 3.05) is 17.7 Å². The van der Waals surface area contributed by atoms with Crippen LogP contribution in [-0.2, 0) is 6.42 Å². The van der Waals surface area contributed by atoms with Crippen molar-refractivity contribution in [3.05, 3.63) is 34.7 Å². The predicted octanol–water partition coefficient (Wildman–Crippen LogP) is 2.19. The molecule has 4 nitrogen and oxygen atoms in total. The van der Waals surface area contributed by atoms with Crippen molar-refractivity contribution in [2.24, 2.45) is 0 Å². The van der Waals surface area contributed by atoms with Crippen molar-refractivity contribution >= 4 is 23.1 Å². The van der Waals surface area contributed by atoms with Crippen LogP contribution in [0, 0.1) is 0 Å². The summed E-state index contributed by atoms with van der Waals surface area (Å²) in [6.07, 6.45) is 2.68. The molecule has 0 radical (unpaired) electrons. The second-order valence-corrected chi connectivity index (χ2v) is 5.06. The lowest BCUT2D eigenvalue weighted by molar-refractivity contribution is 0.671. The van der Waals surface area contributed by atoms with Crippen molar-refractivity contribution < 1.29 is 0 Å². The normalized spacial score (nSPS) is 12.4. The van der Waals surface area contributed by atoms with E-state index < -0.39 is 0 Å². The van der Waals surface area contributed by atoms with Gasteiger partial charge in [-0.25, -0.2) is 4.98 Å². The van der Waals surface area contributed by atoms with Crippen molar-refractivity contribution in [1.29, 1.82) is 0 Å². The van der Waals surface area contributed by atoms with E-state index in [4.69, 9.17) is 5.73 Å². The van der Waals surface area contributed by atoms with E-state index in [1.165, 1.54) is 4.88 Å². The first-order valence-corrected chi connectivity index (χ1v) is 6.38. The summed E-state index contributed by atoms with van der Waals surface area (Å²) in [5, 5.41) is 2.10. The molecule has 2 N–H and O–H groups in total. The van der Waals surface area contributed by atoms with Gasteiger partial charge in [-0.15, -0.1) is 11.3 Å². The molecule has 17 heavy (non-hydrogen) atoms. The predicted molar refractivity (Wildman–Crippen MR) is 72.3 cm³/mol. The van der Waals surface area contributed by atoms with E-state index in [1.54, 1.807) is 23.6 Å². The van der Waals surface area contributed by atoms with Gasteiger partial charge in [-0.1, -0.05) is 6.07 Å². The van der Waals surface area contributed by atoms with Gasteiger partial charge in [0.25, 0.3) is 0 Å². The third kappa shape index (κ3) is 2.94. The third-order valence-corrected chi connectivity index (χ3v) is 3.62. The molecule has 0 aliphatic rings. The molecule has 2 aromatic rings. The van der Waals surface area contributed by atoms with E-state index in [2.05, 4.69) is 39.3 Å². The molecule has 0 aliphatic carbocycles. The molecule has 1 atom stereocenters. The van der Waals surface area contributed by atoms with Crippen molar-refractivity contribution in [3.63, 3.8) is 0 Å². The molecule has 90 valence electrons. The fourth-order valence-corrected chi connectivity index (χ4v) is 2.41. The van der Waals surface area contributed by atoms with Crippen LogP contribution in [0.5, 0.6) is 0 Å². The standard InChI is InChI=1S/C12H16N4S/c1-9(8-10-4-3-7-17-10)16(2)12-14-6-5-11(13)15-12/h3-7,9H,8H2,1-2H3,(H2,13,14,15). The minimum absolute atomic E-state index is 0.343. The van der Waals surface area contributed by atoms with Gasteiger partial charge in [0.1, 0.15) is 5.82 Å². The number of nitrogen functional groups attached to an aromatic ring is 1. The van der Waals surface area contributed by atoms with E-state index in [0.29, 0.717) is 17.8 Å². The highest BCUT2D eigenvalue weighted by Gasteiger charge is 2.13. The van der Waals surface area contributed by atoms with Crippen molar-refractivity contribution in [2.45, 2.75) is 19.4 Å². The second kappa shape index (κ2) is 5.14. The largest absolute Gasteiger partial charge is 0.384 e. The Morgan fingerprint density at radius 3 is 2.94 bits per heavy atom. The quantitative estimate of drug-likeness (QED) is 0.901. The first-order chi connectivity index (χ1) is 8.16. The number of hydrogen-bond donors (Lipinski definition) is 1. The molecule has 0 amide bonds. The van der Waals surface area contributed by atoms with Crippen LogP contribution in [-0.4, -0.2) is 23.1 Å². The van der Waals surface area contributed by atoms with Gasteiger partial charge in [0.15, 0.2) is 0 Å². The molecule has 0 saturated carbocycles. The third-order valence-electron chi connectivity index (χ3n) is 2.72. The monoisotopic (exact) mass is 248 g/mol. The first-order valence-electron chi connectivity index (χ1n) is 5.50. The Labute approximate surface area is 105 Å². The van der Waals surface area contributed by atoms with Gasteiger partial charge in [0, 0.05) is 30.6 Å². The number of rotatable bonds is 4. The molecule has 0 saturated heterocycles. The van der Waals surface area contributed by atoms with Crippen LogP contribution in [0.1, 0.15) is 11.8 Å². The smallest absolute Gasteiger partial charge is 0.227 e. The number of thiophene rings is 1. The second-order valence-electron chi connectivity index (χ2n) is 4.02. The summed E-state index contributed by atoms with van der Waals surface area (Å²) in [5.74, 6) is 1.18. The Balaban J connectivity index is 2.06. The van der Waals surface area contributed by atoms with Gasteiger partial charge in [0.2, 0.25) is 5.95 Å². The summed E-state index contributed by atoms with van der Waals surface area (Å²) in [4.78, 5) is 11.9. The van der Waals surface area contributed by atoms with Crippen LogP contribution < -0.4 is 10.6 Å². The summed E-state index contributed by atoms with van der Waals surface area (Å²) in [6, 6.07) is 6.26. The summed E-state index contributed by atoms with van der Waals surface area (Å²) in [7, 11) is 1.99. The Hall–Kier alpha value is -1.62. The van der Waals surface area contributed by atoms with Crippen LogP contribution in [0.4, 0.5) is 11.8 Å². The average molecular weight is 248 g/mol. The van der Waals surface area contributed by atoms with Gasteiger partial charge in [-0.3, -0.25) is 0 Å². The number of nitrogens with zero attached hydrogens (tertiary/aromatic N) is 3. The molecular weight excluding hydrogens is 232 g/mol. The van der Waals surface area contributed by atoms with Crippen LogP contribution in [0.25, 0.3) is 0 Å². The minimum Gasteiger partial charge on any atom is -0.384 e. The molecule has 0 aliphatic heterocycles. The van der Waals surface area contributed by atoms with E-state index in [1.807, 2.05) is 7.05 Å². The highest BCUT2D eigenvalue weighted by molar-refractivity contribution is 7.09. The number of anilines is 2. The molecular formula is C12H16N4S. The molecule has 0 spiro atoms. The summed E-state index contributed by atoms with van der Waals surface area (Å²) in [5.41, 5.74) is 5.66. The first kappa shape index (κ1) is 11.9. The van der Waals surface area contributed by atoms with Crippen molar-refractivity contribution in [3.8, 4) is 0 Å². The number of nitrogens with two attached hydrogens (primary N) is 1. The topological polar surface area (TPSA) is 55.0 Å². The minimum atomic E-state index is 0.343. The molecule has 1 unspecified atom stereocenters. The number of aromatic nitrogens is 2. The van der Waals surface area contributed by atoms with Crippen LogP contribution in [0.15, 0.2) is 29.8 Å². The molecule has 2 heterocycles. The van der Waals surface area contributed by atoms with Gasteiger partial charge < -0.3 is 10.6 Å². The van der Waals surface area contributed by atoms with Gasteiger partial charge in [0.05, 0.1) is 0 Å². The molecule has 2 aromatic heterocycles. The molecule has 2 rings (SSSR count). The zero-order chi connectivity index (χ0) is 12.3. The molecule has 0 aromatic carbocycles. The van der Waals surface area contributed by atoms with Crippen molar-refractivity contribution in [1.82, 2.24) is 9.97 Å². The Bertz CT molecular complexity index is 469. The molecule has 5 heteroatoms. The highest BCUT2D eigenvalue weighted by Crippen LogP contribution is 2.16. The zero-order valence-electron chi connectivity index (χ0n) is 10.00. The maximum atomic E-state index is 5.66.